The lowest BCUT2D eigenvalue weighted by molar-refractivity contribution is -0.117. The molecule has 0 spiro atoms. The van der Waals surface area contributed by atoms with Crippen molar-refractivity contribution in [1.29, 1.82) is 0 Å². The summed E-state index contributed by atoms with van der Waals surface area (Å²) in [6.45, 7) is 19.7. The van der Waals surface area contributed by atoms with Crippen LogP contribution in [-0.2, 0) is 19.6 Å². The third-order valence-electron chi connectivity index (χ3n) is 9.89. The fourth-order valence-corrected chi connectivity index (χ4v) is 8.74. The van der Waals surface area contributed by atoms with Crippen LogP contribution in [0.3, 0.4) is 0 Å². The van der Waals surface area contributed by atoms with Crippen LogP contribution in [-0.4, -0.2) is 86.4 Å². The number of carbonyl (C=O) groups excluding carboxylic acids is 2. The minimum absolute atomic E-state index is 0.116. The predicted molar refractivity (Wildman–Crippen MR) is 184 cm³/mol. The van der Waals surface area contributed by atoms with Crippen LogP contribution < -0.4 is 10.6 Å². The lowest BCUT2D eigenvalue weighted by Crippen LogP contribution is -2.65. The number of aromatic nitrogens is 2. The number of morpholine rings is 1. The molecule has 0 radical (unpaired) electrons. The van der Waals surface area contributed by atoms with E-state index in [2.05, 4.69) is 68.4 Å². The van der Waals surface area contributed by atoms with Gasteiger partial charge >= 0.3 is 0 Å². The Bertz CT molecular complexity index is 1250. The topological polar surface area (TPSA) is 119 Å². The molecule has 2 heterocycles. The van der Waals surface area contributed by atoms with E-state index in [0.29, 0.717) is 23.0 Å². The minimum Gasteiger partial charge on any atom is -0.402 e. The van der Waals surface area contributed by atoms with Gasteiger partial charge < -0.3 is 24.3 Å². The van der Waals surface area contributed by atoms with Gasteiger partial charge in [-0.1, -0.05) is 82.6 Å². The van der Waals surface area contributed by atoms with Gasteiger partial charge in [-0.05, 0) is 55.4 Å². The van der Waals surface area contributed by atoms with Crippen LogP contribution >= 0.6 is 11.8 Å². The molecule has 46 heavy (non-hydrogen) atoms. The standard InChI is InChI=1S/C34H55N5O5SSi/c1-25(2)23-29(35-24-40)34(44-46(6,7)33(3,4)5,31-37-32(43-38-31)45-22-19-39-17-20-42-21-18-39)27-15-11-12-16-28(27)36-30(41)26-13-9-8-10-14-26/h8-10,13-14,24-25,27-29H,11-12,15-23H2,1-7H3,(H,35,40)(H,36,41)/t27-,28+,29?,34?/m1/s1. The zero-order chi connectivity index (χ0) is 33.4. The molecule has 256 valence electrons. The fraction of sp³-hybridized carbons (Fsp3) is 0.706. The predicted octanol–water partition coefficient (Wildman–Crippen LogP) is 5.86. The zero-order valence-corrected chi connectivity index (χ0v) is 30.7. The molecular weight excluding hydrogens is 619 g/mol. The normalized spacial score (nSPS) is 21.8. The molecule has 1 aromatic heterocycles. The summed E-state index contributed by atoms with van der Waals surface area (Å²) < 4.78 is 19.1. The van der Waals surface area contributed by atoms with E-state index in [-0.39, 0.29) is 28.8 Å². The Morgan fingerprint density at radius 2 is 1.85 bits per heavy atom. The second-order valence-corrected chi connectivity index (χ2v) is 20.4. The average molecular weight is 674 g/mol. The van der Waals surface area contributed by atoms with Crippen molar-refractivity contribution in [3.8, 4) is 0 Å². The van der Waals surface area contributed by atoms with Crippen LogP contribution in [0.1, 0.15) is 82.9 Å². The third kappa shape index (κ3) is 9.00. The molecule has 1 aromatic carbocycles. The van der Waals surface area contributed by atoms with E-state index in [0.717, 1.165) is 70.7 Å². The molecule has 1 saturated heterocycles. The Labute approximate surface area is 280 Å². The van der Waals surface area contributed by atoms with E-state index < -0.39 is 20.0 Å². The Morgan fingerprint density at radius 1 is 1.15 bits per heavy atom. The average Bonchev–Trinajstić information content (AvgIpc) is 3.49. The number of amides is 2. The highest BCUT2D eigenvalue weighted by molar-refractivity contribution is 7.99. The molecule has 4 rings (SSSR count). The van der Waals surface area contributed by atoms with Crippen molar-refractivity contribution in [2.75, 3.05) is 38.6 Å². The maximum Gasteiger partial charge on any atom is 0.285 e. The van der Waals surface area contributed by atoms with Gasteiger partial charge in [-0.3, -0.25) is 14.5 Å². The monoisotopic (exact) mass is 673 g/mol. The van der Waals surface area contributed by atoms with Gasteiger partial charge in [0.1, 0.15) is 5.60 Å². The summed E-state index contributed by atoms with van der Waals surface area (Å²) in [5.74, 6) is 1.18. The van der Waals surface area contributed by atoms with E-state index in [4.69, 9.17) is 18.7 Å². The smallest absolute Gasteiger partial charge is 0.285 e. The van der Waals surface area contributed by atoms with Crippen molar-refractivity contribution in [3.05, 3.63) is 41.7 Å². The summed E-state index contributed by atoms with van der Waals surface area (Å²) in [5, 5.41) is 11.6. The number of benzene rings is 1. The van der Waals surface area contributed by atoms with E-state index in [1.165, 1.54) is 0 Å². The number of carbonyl (C=O) groups is 2. The quantitative estimate of drug-likeness (QED) is 0.136. The van der Waals surface area contributed by atoms with Crippen LogP contribution in [0.5, 0.6) is 0 Å². The molecule has 2 fully saturated rings. The fourth-order valence-electron chi connectivity index (χ4n) is 6.44. The summed E-state index contributed by atoms with van der Waals surface area (Å²) >= 11 is 1.54. The number of hydrogen-bond donors (Lipinski definition) is 2. The molecule has 1 saturated carbocycles. The largest absolute Gasteiger partial charge is 0.402 e. The first-order valence-corrected chi connectivity index (χ1v) is 20.8. The Morgan fingerprint density at radius 3 is 2.50 bits per heavy atom. The molecule has 0 bridgehead atoms. The number of thioether (sulfide) groups is 1. The maximum atomic E-state index is 13.6. The van der Waals surface area contributed by atoms with Crippen LogP contribution in [0.2, 0.25) is 18.1 Å². The van der Waals surface area contributed by atoms with E-state index in [9.17, 15) is 9.59 Å². The van der Waals surface area contributed by atoms with Crippen LogP contribution in [0.4, 0.5) is 0 Å². The first-order chi connectivity index (χ1) is 21.9. The van der Waals surface area contributed by atoms with Crippen molar-refractivity contribution >= 4 is 32.4 Å². The first kappa shape index (κ1) is 36.6. The molecule has 10 nitrogen and oxygen atoms in total. The molecule has 2 aliphatic rings. The van der Waals surface area contributed by atoms with Crippen LogP contribution in [0, 0.1) is 11.8 Å². The lowest BCUT2D eigenvalue weighted by atomic mass is 9.68. The number of ether oxygens (including phenoxy) is 1. The molecule has 12 heteroatoms. The summed E-state index contributed by atoms with van der Waals surface area (Å²) in [4.78, 5) is 33.4. The zero-order valence-electron chi connectivity index (χ0n) is 28.8. The first-order valence-electron chi connectivity index (χ1n) is 16.9. The molecule has 2 N–H and O–H groups in total. The lowest BCUT2D eigenvalue weighted by Gasteiger charge is -2.53. The molecule has 1 aliphatic heterocycles. The Hall–Kier alpha value is -2.25. The van der Waals surface area contributed by atoms with Gasteiger partial charge in [0.05, 0.1) is 19.3 Å². The molecule has 4 atom stereocenters. The minimum atomic E-state index is -2.54. The number of hydrogen-bond acceptors (Lipinski definition) is 9. The number of rotatable bonds is 15. The summed E-state index contributed by atoms with van der Waals surface area (Å²) in [6, 6.07) is 8.67. The van der Waals surface area contributed by atoms with Gasteiger partial charge in [-0.2, -0.15) is 4.98 Å². The maximum absolute atomic E-state index is 13.6. The molecule has 2 amide bonds. The summed E-state index contributed by atoms with van der Waals surface area (Å²) in [5.41, 5.74) is -0.513. The van der Waals surface area contributed by atoms with E-state index >= 15 is 0 Å². The summed E-state index contributed by atoms with van der Waals surface area (Å²) in [6.07, 6.45) is 4.96. The van der Waals surface area contributed by atoms with Crippen LogP contribution in [0.15, 0.2) is 40.1 Å². The van der Waals surface area contributed by atoms with Crippen molar-refractivity contribution in [2.45, 2.75) is 108 Å². The third-order valence-corrected chi connectivity index (χ3v) is 15.1. The Kier molecular flexibility index (Phi) is 12.9. The van der Waals surface area contributed by atoms with Crippen LogP contribution in [0.25, 0.3) is 0 Å². The molecule has 2 aromatic rings. The van der Waals surface area contributed by atoms with E-state index in [1.54, 1.807) is 11.8 Å². The van der Waals surface area contributed by atoms with Gasteiger partial charge in [-0.25, -0.2) is 0 Å². The van der Waals surface area contributed by atoms with Crippen molar-refractivity contribution in [1.82, 2.24) is 25.7 Å². The van der Waals surface area contributed by atoms with Crippen molar-refractivity contribution in [2.24, 2.45) is 11.8 Å². The SMILES string of the molecule is CC(C)CC(NC=O)C(O[Si](C)(C)C(C)(C)C)(c1noc(SCCN2CCOCC2)n1)[C@@H]1CCCC[C@@H]1NC(=O)c1ccccc1. The highest BCUT2D eigenvalue weighted by Crippen LogP contribution is 2.50. The summed E-state index contributed by atoms with van der Waals surface area (Å²) in [7, 11) is -2.54. The van der Waals surface area contributed by atoms with Gasteiger partial charge in [-0.15, -0.1) is 0 Å². The second kappa shape index (κ2) is 16.2. The molecule has 1 aliphatic carbocycles. The van der Waals surface area contributed by atoms with Gasteiger partial charge in [0.25, 0.3) is 11.1 Å². The second-order valence-electron chi connectivity index (χ2n) is 14.6. The van der Waals surface area contributed by atoms with E-state index in [1.807, 2.05) is 30.3 Å². The van der Waals surface area contributed by atoms with Crippen molar-refractivity contribution < 1.29 is 23.3 Å². The van der Waals surface area contributed by atoms with Gasteiger partial charge in [0, 0.05) is 42.9 Å². The highest BCUT2D eigenvalue weighted by Gasteiger charge is 2.58. The molecule has 2 unspecified atom stereocenters. The number of nitrogens with zero attached hydrogens (tertiary/aromatic N) is 3. The van der Waals surface area contributed by atoms with Gasteiger partial charge in [0.2, 0.25) is 12.2 Å². The molecular formula is C34H55N5O5SSi. The van der Waals surface area contributed by atoms with Crippen molar-refractivity contribution in [3.63, 3.8) is 0 Å². The van der Waals surface area contributed by atoms with Gasteiger partial charge in [0.15, 0.2) is 8.32 Å². The highest BCUT2D eigenvalue weighted by atomic mass is 32.2. The Balaban J connectivity index is 1.79. The number of nitrogens with one attached hydrogen (secondary N) is 2.